The summed E-state index contributed by atoms with van der Waals surface area (Å²) in [4.78, 5) is 30.2. The van der Waals surface area contributed by atoms with Crippen LogP contribution < -0.4 is 10.6 Å². The maximum Gasteiger partial charge on any atom is 0.365 e. The molecule has 0 bridgehead atoms. The van der Waals surface area contributed by atoms with Crippen LogP contribution in [0.5, 0.6) is 0 Å². The minimum atomic E-state index is -0.549. The summed E-state index contributed by atoms with van der Waals surface area (Å²) in [6.07, 6.45) is 0. The lowest BCUT2D eigenvalue weighted by atomic mass is 10.2. The Balaban J connectivity index is 1.58. The molecule has 1 aliphatic rings. The molecule has 0 aliphatic carbocycles. The van der Waals surface area contributed by atoms with Crippen LogP contribution in [0.1, 0.15) is 34.6 Å². The molecule has 1 aromatic heterocycles. The molecule has 0 saturated carbocycles. The molecule has 1 aliphatic heterocycles. The Kier molecular flexibility index (Phi) is 4.53. The first kappa shape index (κ1) is 17.7. The minimum Gasteiger partial charge on any atom is -0.462 e. The lowest BCUT2D eigenvalue weighted by Crippen LogP contribution is -2.42. The highest BCUT2D eigenvalue weighted by molar-refractivity contribution is 5.95. The average Bonchev–Trinajstić information content (AvgIpc) is 3.31. The van der Waals surface area contributed by atoms with Crippen LogP contribution in [-0.2, 0) is 9.57 Å². The fourth-order valence-electron chi connectivity index (χ4n) is 2.85. The first-order valence-electron chi connectivity index (χ1n) is 8.79. The lowest BCUT2D eigenvalue weighted by molar-refractivity contribution is 0.0157. The third-order valence-electron chi connectivity index (χ3n) is 4.20. The largest absolute Gasteiger partial charge is 0.462 e. The van der Waals surface area contributed by atoms with Gasteiger partial charge in [0.25, 0.3) is 0 Å². The number of esters is 1. The lowest BCUT2D eigenvalue weighted by Gasteiger charge is -2.25. The molecule has 0 atom stereocenters. The number of ether oxygens (including phenoxy) is 1. The van der Waals surface area contributed by atoms with E-state index in [0.717, 1.165) is 0 Å². The summed E-state index contributed by atoms with van der Waals surface area (Å²) in [5.74, 6) is -0.959. The van der Waals surface area contributed by atoms with Crippen LogP contribution in [0.2, 0.25) is 0 Å². The van der Waals surface area contributed by atoms with Crippen LogP contribution >= 0.6 is 0 Å². The van der Waals surface area contributed by atoms with E-state index in [-0.39, 0.29) is 0 Å². The van der Waals surface area contributed by atoms with Crippen LogP contribution in [0.4, 0.5) is 11.4 Å². The van der Waals surface area contributed by atoms with Crippen molar-refractivity contribution in [3.8, 4) is 0 Å². The summed E-state index contributed by atoms with van der Waals surface area (Å²) >= 11 is 0. The number of hydrogen-bond donors (Lipinski definition) is 2. The van der Waals surface area contributed by atoms with Gasteiger partial charge in [-0.1, -0.05) is 5.12 Å². The first-order valence-corrected chi connectivity index (χ1v) is 8.79. The fraction of sp³-hybridized carbons (Fsp3) is 0.222. The molecule has 10 nitrogen and oxygen atoms in total. The molecule has 0 saturated heterocycles. The molecular formula is C18H18N6O4. The molecule has 0 unspecified atom stereocenters. The summed E-state index contributed by atoms with van der Waals surface area (Å²) in [5, 5.41) is 13.4. The van der Waals surface area contributed by atoms with Gasteiger partial charge in [0.2, 0.25) is 0 Å². The number of benzene rings is 2. The summed E-state index contributed by atoms with van der Waals surface area (Å²) in [6, 6.07) is 9.89. The second kappa shape index (κ2) is 7.16. The highest BCUT2D eigenvalue weighted by atomic mass is 16.8. The van der Waals surface area contributed by atoms with E-state index >= 15 is 0 Å². The zero-order chi connectivity index (χ0) is 19.7. The van der Waals surface area contributed by atoms with Crippen molar-refractivity contribution >= 4 is 34.3 Å². The highest BCUT2D eigenvalue weighted by Gasteiger charge is 2.31. The Hall–Kier alpha value is -3.66. The molecule has 4 rings (SSSR count). The van der Waals surface area contributed by atoms with Gasteiger partial charge >= 0.3 is 11.9 Å². The van der Waals surface area contributed by atoms with Gasteiger partial charge in [-0.15, -0.1) is 5.17 Å². The van der Waals surface area contributed by atoms with Crippen molar-refractivity contribution in [2.24, 2.45) is 0 Å². The van der Waals surface area contributed by atoms with E-state index in [2.05, 4.69) is 20.8 Å². The van der Waals surface area contributed by atoms with E-state index in [0.29, 0.717) is 46.7 Å². The van der Waals surface area contributed by atoms with Crippen molar-refractivity contribution in [3.63, 3.8) is 0 Å². The van der Waals surface area contributed by atoms with Crippen LogP contribution in [0, 0.1) is 0 Å². The summed E-state index contributed by atoms with van der Waals surface area (Å²) < 4.78 is 5.03. The van der Waals surface area contributed by atoms with Crippen molar-refractivity contribution in [2.75, 3.05) is 23.7 Å². The number of aromatic amines is 1. The van der Waals surface area contributed by atoms with Crippen molar-refractivity contribution < 1.29 is 19.2 Å². The summed E-state index contributed by atoms with van der Waals surface area (Å²) in [5.41, 5.74) is 6.32. The molecule has 2 N–H and O–H groups in total. The molecule has 0 amide bonds. The molecule has 0 fully saturated rings. The van der Waals surface area contributed by atoms with Gasteiger partial charge in [-0.25, -0.2) is 9.59 Å². The predicted octanol–water partition coefficient (Wildman–Crippen LogP) is 2.29. The third kappa shape index (κ3) is 3.09. The molecule has 144 valence electrons. The molecule has 0 radical (unpaired) electrons. The fourth-order valence-corrected chi connectivity index (χ4v) is 2.85. The number of rotatable bonds is 5. The Morgan fingerprint density at radius 3 is 2.54 bits per heavy atom. The maximum atomic E-state index is 12.6. The van der Waals surface area contributed by atoms with Gasteiger partial charge in [0.05, 0.1) is 23.4 Å². The highest BCUT2D eigenvalue weighted by Crippen LogP contribution is 2.35. The van der Waals surface area contributed by atoms with Gasteiger partial charge in [-0.05, 0) is 50.2 Å². The number of fused-ring (bicyclic) bond motifs is 2. The van der Waals surface area contributed by atoms with Crippen molar-refractivity contribution in [1.29, 1.82) is 0 Å². The van der Waals surface area contributed by atoms with E-state index in [9.17, 15) is 9.59 Å². The number of hydrazine groups is 2. The number of nitrogens with one attached hydrogen (secondary N) is 2. The SMILES string of the molecule is CCOC(=O)c1ccc2c(c1)NN(CC)N2OC(=O)c1ccc2n[nH]nc2c1. The Morgan fingerprint density at radius 1 is 1.00 bits per heavy atom. The molecule has 3 aromatic rings. The zero-order valence-electron chi connectivity index (χ0n) is 15.3. The van der Waals surface area contributed by atoms with Gasteiger partial charge in [-0.2, -0.15) is 15.4 Å². The smallest absolute Gasteiger partial charge is 0.365 e. The maximum absolute atomic E-state index is 12.6. The number of H-pyrrole nitrogens is 1. The van der Waals surface area contributed by atoms with Gasteiger partial charge in [0.1, 0.15) is 16.7 Å². The quantitative estimate of drug-likeness (QED) is 0.642. The first-order chi connectivity index (χ1) is 13.6. The molecular weight excluding hydrogens is 364 g/mol. The van der Waals surface area contributed by atoms with E-state index in [1.165, 1.54) is 5.17 Å². The van der Waals surface area contributed by atoms with Crippen molar-refractivity contribution in [1.82, 2.24) is 20.5 Å². The van der Waals surface area contributed by atoms with E-state index in [1.807, 2.05) is 6.92 Å². The molecule has 28 heavy (non-hydrogen) atoms. The van der Waals surface area contributed by atoms with Crippen LogP contribution in [0.25, 0.3) is 11.0 Å². The number of anilines is 2. The van der Waals surface area contributed by atoms with Gasteiger partial charge in [0.15, 0.2) is 0 Å². The van der Waals surface area contributed by atoms with Crippen molar-refractivity contribution in [3.05, 3.63) is 47.5 Å². The second-order valence-electron chi connectivity index (χ2n) is 5.96. The third-order valence-corrected chi connectivity index (χ3v) is 4.20. The monoisotopic (exact) mass is 382 g/mol. The normalized spacial score (nSPS) is 13.3. The van der Waals surface area contributed by atoms with Gasteiger partial charge in [-0.3, -0.25) is 5.43 Å². The molecule has 0 spiro atoms. The Bertz CT molecular complexity index is 1050. The van der Waals surface area contributed by atoms with Crippen LogP contribution in [-0.4, -0.2) is 45.6 Å². The average molecular weight is 382 g/mol. The number of hydrogen-bond acceptors (Lipinski definition) is 9. The Labute approximate surface area is 159 Å². The van der Waals surface area contributed by atoms with E-state index in [4.69, 9.17) is 9.57 Å². The number of carbonyl (C=O) groups is 2. The summed E-state index contributed by atoms with van der Waals surface area (Å²) in [7, 11) is 0. The van der Waals surface area contributed by atoms with Gasteiger partial charge in [0, 0.05) is 6.54 Å². The zero-order valence-corrected chi connectivity index (χ0v) is 15.3. The van der Waals surface area contributed by atoms with Crippen LogP contribution in [0.15, 0.2) is 36.4 Å². The molecule has 2 heterocycles. The van der Waals surface area contributed by atoms with E-state index < -0.39 is 11.9 Å². The minimum absolute atomic E-state index is 0.296. The molecule has 2 aromatic carbocycles. The topological polar surface area (TPSA) is 113 Å². The second-order valence-corrected chi connectivity index (χ2v) is 5.96. The number of carbonyl (C=O) groups excluding carboxylic acids is 2. The van der Waals surface area contributed by atoms with Crippen molar-refractivity contribution in [2.45, 2.75) is 13.8 Å². The number of nitrogens with zero attached hydrogens (tertiary/aromatic N) is 4. The Morgan fingerprint density at radius 2 is 1.75 bits per heavy atom. The molecule has 10 heteroatoms. The standard InChI is InChI=1S/C18H18N6O4/c1-3-23-21-15-10-11(17(25)27-4-2)6-8-16(15)24(23)28-18(26)12-5-7-13-14(9-12)20-22-19-13/h5-10,21H,3-4H2,1-2H3,(H,19,20,22). The summed E-state index contributed by atoms with van der Waals surface area (Å²) in [6.45, 7) is 4.45. The predicted molar refractivity (Wildman–Crippen MR) is 100 cm³/mol. The van der Waals surface area contributed by atoms with Crippen LogP contribution in [0.3, 0.4) is 0 Å². The van der Waals surface area contributed by atoms with E-state index in [1.54, 1.807) is 48.4 Å². The van der Waals surface area contributed by atoms with Gasteiger partial charge < -0.3 is 9.57 Å². The number of aromatic nitrogens is 3.